The molecule has 1 unspecified atom stereocenters. The minimum Gasteiger partial charge on any atom is -0.469 e. The topological polar surface area (TPSA) is 79.3 Å². The van der Waals surface area contributed by atoms with Gasteiger partial charge in [-0.15, -0.1) is 0 Å². The van der Waals surface area contributed by atoms with Crippen molar-refractivity contribution < 1.29 is 13.7 Å². The molecule has 0 spiro atoms. The van der Waals surface area contributed by atoms with Crippen molar-refractivity contribution in [2.45, 2.75) is 45.3 Å². The number of ether oxygens (including phenoxy) is 1. The Labute approximate surface area is 178 Å². The third-order valence-electron chi connectivity index (χ3n) is 5.69. The highest BCUT2D eigenvalue weighted by atomic mass is 16.5. The van der Waals surface area contributed by atoms with Crippen LogP contribution >= 0.6 is 0 Å². The van der Waals surface area contributed by atoms with Crippen LogP contribution in [-0.4, -0.2) is 72.9 Å². The Hall–Kier alpha value is -2.32. The molecule has 4 heterocycles. The summed E-state index contributed by atoms with van der Waals surface area (Å²) >= 11 is 0. The fraction of sp³-hybridized carbons (Fsp3) is 0.636. The average molecular weight is 416 g/mol. The Morgan fingerprint density at radius 1 is 1.27 bits per heavy atom. The number of aromatic nitrogens is 1. The van der Waals surface area contributed by atoms with Gasteiger partial charge in [0.25, 0.3) is 0 Å². The molecule has 2 aliphatic heterocycles. The van der Waals surface area contributed by atoms with Gasteiger partial charge in [0.05, 0.1) is 24.6 Å². The summed E-state index contributed by atoms with van der Waals surface area (Å²) in [6.45, 7) is 8.99. The maximum absolute atomic E-state index is 5.87. The number of guanidine groups is 1. The number of hydrogen-bond acceptors (Lipinski definition) is 6. The van der Waals surface area contributed by atoms with Crippen molar-refractivity contribution in [1.29, 1.82) is 0 Å². The van der Waals surface area contributed by atoms with Crippen molar-refractivity contribution >= 4 is 5.96 Å². The Bertz CT molecular complexity index is 775. The molecule has 8 nitrogen and oxygen atoms in total. The number of aryl methyl sites for hydroxylation is 1. The lowest BCUT2D eigenvalue weighted by Gasteiger charge is -2.36. The number of rotatable bonds is 7. The molecule has 1 N–H and O–H groups in total. The predicted octanol–water partition coefficient (Wildman–Crippen LogP) is 2.45. The minimum atomic E-state index is 0.248. The van der Waals surface area contributed by atoms with Gasteiger partial charge in [-0.1, -0.05) is 5.16 Å². The molecular weight excluding hydrogens is 382 g/mol. The maximum Gasteiger partial charge on any atom is 0.194 e. The molecule has 30 heavy (non-hydrogen) atoms. The second kappa shape index (κ2) is 10.6. The third-order valence-corrected chi connectivity index (χ3v) is 5.69. The van der Waals surface area contributed by atoms with Crippen LogP contribution in [0.25, 0.3) is 0 Å². The van der Waals surface area contributed by atoms with Crippen molar-refractivity contribution in [3.63, 3.8) is 0 Å². The zero-order chi connectivity index (χ0) is 20.6. The van der Waals surface area contributed by atoms with Crippen molar-refractivity contribution in [1.82, 2.24) is 20.3 Å². The molecule has 164 valence electrons. The summed E-state index contributed by atoms with van der Waals surface area (Å²) in [5.74, 6) is 2.83. The summed E-state index contributed by atoms with van der Waals surface area (Å²) < 4.78 is 16.5. The van der Waals surface area contributed by atoms with Gasteiger partial charge in [0.2, 0.25) is 0 Å². The summed E-state index contributed by atoms with van der Waals surface area (Å²) in [4.78, 5) is 9.70. The summed E-state index contributed by atoms with van der Waals surface area (Å²) in [6, 6.07) is 5.96. The first kappa shape index (κ1) is 20.9. The van der Waals surface area contributed by atoms with E-state index in [9.17, 15) is 0 Å². The average Bonchev–Trinajstić information content (AvgIpc) is 3.44. The van der Waals surface area contributed by atoms with E-state index in [2.05, 4.69) is 20.3 Å². The molecule has 0 radical (unpaired) electrons. The normalized spacial score (nSPS) is 21.2. The van der Waals surface area contributed by atoms with Gasteiger partial charge in [0, 0.05) is 58.4 Å². The quantitative estimate of drug-likeness (QED) is 0.550. The van der Waals surface area contributed by atoms with E-state index in [0.29, 0.717) is 0 Å². The fourth-order valence-electron chi connectivity index (χ4n) is 4.00. The van der Waals surface area contributed by atoms with Gasteiger partial charge in [-0.2, -0.15) is 0 Å². The largest absolute Gasteiger partial charge is 0.469 e. The molecule has 0 aliphatic carbocycles. The Kier molecular flexibility index (Phi) is 7.42. The number of nitrogens with zero attached hydrogens (tertiary/aromatic N) is 4. The second-order valence-electron chi connectivity index (χ2n) is 8.10. The first-order valence-corrected chi connectivity index (χ1v) is 11.1. The lowest BCUT2D eigenvalue weighted by atomic mass is 10.1. The van der Waals surface area contributed by atoms with E-state index in [-0.39, 0.29) is 6.10 Å². The number of aliphatic imine (C=N–C) groups is 1. The van der Waals surface area contributed by atoms with Crippen LogP contribution in [0.15, 0.2) is 38.4 Å². The molecular formula is C22H33N5O3. The van der Waals surface area contributed by atoms with Crippen LogP contribution in [0.2, 0.25) is 0 Å². The van der Waals surface area contributed by atoms with Gasteiger partial charge in [0.15, 0.2) is 5.96 Å². The van der Waals surface area contributed by atoms with Crippen molar-refractivity contribution in [2.24, 2.45) is 4.99 Å². The van der Waals surface area contributed by atoms with Crippen molar-refractivity contribution in [3.8, 4) is 0 Å². The highest BCUT2D eigenvalue weighted by molar-refractivity contribution is 5.80. The molecule has 2 aliphatic rings. The molecule has 2 saturated heterocycles. The molecule has 0 saturated carbocycles. The fourth-order valence-corrected chi connectivity index (χ4v) is 4.00. The van der Waals surface area contributed by atoms with Crippen LogP contribution in [-0.2, 0) is 17.7 Å². The van der Waals surface area contributed by atoms with E-state index >= 15 is 0 Å². The number of piperazine rings is 1. The highest BCUT2D eigenvalue weighted by Crippen LogP contribution is 2.14. The SMILES string of the molecule is Cc1cc(CN2CCN(C(=NCC3CCCCO3)NCCc3ccco3)CC2)no1. The van der Waals surface area contributed by atoms with E-state index in [1.165, 1.54) is 12.8 Å². The monoisotopic (exact) mass is 415 g/mol. The second-order valence-corrected chi connectivity index (χ2v) is 8.10. The number of nitrogens with one attached hydrogen (secondary N) is 1. The van der Waals surface area contributed by atoms with E-state index < -0.39 is 0 Å². The zero-order valence-electron chi connectivity index (χ0n) is 17.9. The lowest BCUT2D eigenvalue weighted by molar-refractivity contribution is 0.0222. The van der Waals surface area contributed by atoms with Crippen LogP contribution < -0.4 is 5.32 Å². The van der Waals surface area contributed by atoms with E-state index in [1.54, 1.807) is 6.26 Å². The third kappa shape index (κ3) is 6.09. The van der Waals surface area contributed by atoms with E-state index in [0.717, 1.165) is 88.4 Å². The Morgan fingerprint density at radius 2 is 2.17 bits per heavy atom. The van der Waals surface area contributed by atoms with Crippen LogP contribution in [0, 0.1) is 6.92 Å². The molecule has 0 amide bonds. The predicted molar refractivity (Wildman–Crippen MR) is 114 cm³/mol. The summed E-state index contributed by atoms with van der Waals surface area (Å²) in [7, 11) is 0. The molecule has 4 rings (SSSR count). The maximum atomic E-state index is 5.87. The molecule has 0 bridgehead atoms. The van der Waals surface area contributed by atoms with E-state index in [4.69, 9.17) is 18.7 Å². The first-order chi connectivity index (χ1) is 14.8. The molecule has 1 atom stereocenters. The minimum absolute atomic E-state index is 0.248. The Balaban J connectivity index is 1.31. The smallest absolute Gasteiger partial charge is 0.194 e. The van der Waals surface area contributed by atoms with Gasteiger partial charge in [0.1, 0.15) is 11.5 Å². The van der Waals surface area contributed by atoms with Gasteiger partial charge in [-0.05, 0) is 38.3 Å². The summed E-state index contributed by atoms with van der Waals surface area (Å²) in [6.07, 6.45) is 6.33. The lowest BCUT2D eigenvalue weighted by Crippen LogP contribution is -2.52. The zero-order valence-corrected chi connectivity index (χ0v) is 17.9. The number of hydrogen-bond donors (Lipinski definition) is 1. The van der Waals surface area contributed by atoms with Gasteiger partial charge < -0.3 is 23.9 Å². The summed E-state index contributed by atoms with van der Waals surface area (Å²) in [5.41, 5.74) is 1.00. The van der Waals surface area contributed by atoms with Crippen LogP contribution in [0.1, 0.15) is 36.5 Å². The first-order valence-electron chi connectivity index (χ1n) is 11.1. The standard InChI is InChI=1S/C22H33N5O3/c1-18-15-19(25-30-18)17-26-9-11-27(12-10-26)22(23-8-7-20-6-4-14-28-20)24-16-21-5-2-3-13-29-21/h4,6,14-15,21H,2-3,5,7-13,16-17H2,1H3,(H,23,24). The van der Waals surface area contributed by atoms with Crippen molar-refractivity contribution in [3.05, 3.63) is 41.7 Å². The van der Waals surface area contributed by atoms with Crippen LogP contribution in [0.5, 0.6) is 0 Å². The molecule has 8 heteroatoms. The molecule has 2 fully saturated rings. The number of furan rings is 1. The summed E-state index contributed by atoms with van der Waals surface area (Å²) in [5, 5.41) is 7.67. The van der Waals surface area contributed by atoms with Gasteiger partial charge >= 0.3 is 0 Å². The van der Waals surface area contributed by atoms with E-state index in [1.807, 2.05) is 25.1 Å². The Morgan fingerprint density at radius 3 is 2.87 bits per heavy atom. The highest BCUT2D eigenvalue weighted by Gasteiger charge is 2.21. The van der Waals surface area contributed by atoms with Gasteiger partial charge in [-0.3, -0.25) is 9.89 Å². The van der Waals surface area contributed by atoms with Crippen molar-refractivity contribution in [2.75, 3.05) is 45.9 Å². The van der Waals surface area contributed by atoms with Gasteiger partial charge in [-0.25, -0.2) is 0 Å². The molecule has 0 aromatic carbocycles. The van der Waals surface area contributed by atoms with Crippen LogP contribution in [0.4, 0.5) is 0 Å². The molecule has 2 aromatic rings. The molecule has 2 aromatic heterocycles. The van der Waals surface area contributed by atoms with Crippen LogP contribution in [0.3, 0.4) is 0 Å².